The lowest BCUT2D eigenvalue weighted by atomic mass is 9.82. The normalized spacial score (nSPS) is 18.4. The number of ether oxygens (including phenoxy) is 2. The number of benzene rings is 1. The van der Waals surface area contributed by atoms with E-state index in [1.807, 2.05) is 26.0 Å². The predicted molar refractivity (Wildman–Crippen MR) is 98.3 cm³/mol. The molecule has 1 saturated heterocycles. The second-order valence-corrected chi connectivity index (χ2v) is 7.18. The first-order valence-corrected chi connectivity index (χ1v) is 8.95. The molecule has 6 heteroatoms. The van der Waals surface area contributed by atoms with E-state index in [-0.39, 0.29) is 5.78 Å². The molecule has 26 heavy (non-hydrogen) atoms. The van der Waals surface area contributed by atoms with Gasteiger partial charge in [-0.15, -0.1) is 0 Å². The number of methoxy groups -OCH3 is 1. The Morgan fingerprint density at radius 3 is 2.46 bits per heavy atom. The molecule has 0 atom stereocenters. The van der Waals surface area contributed by atoms with E-state index in [0.717, 1.165) is 43.3 Å². The molecule has 0 unspecified atom stereocenters. The fourth-order valence-electron chi connectivity index (χ4n) is 3.84. The molecule has 0 amide bonds. The fourth-order valence-corrected chi connectivity index (χ4v) is 3.84. The van der Waals surface area contributed by atoms with Crippen molar-refractivity contribution in [2.24, 2.45) is 0 Å². The minimum absolute atomic E-state index is 0.144. The van der Waals surface area contributed by atoms with Crippen LogP contribution in [0.15, 0.2) is 24.3 Å². The van der Waals surface area contributed by atoms with Crippen molar-refractivity contribution in [3.63, 3.8) is 0 Å². The molecule has 6 nitrogen and oxygen atoms in total. The minimum Gasteiger partial charge on any atom is -0.497 e. The Kier molecular flexibility index (Phi) is 4.05. The first-order valence-electron chi connectivity index (χ1n) is 8.95. The van der Waals surface area contributed by atoms with Crippen LogP contribution in [0.4, 0.5) is 5.95 Å². The number of ketones is 1. The van der Waals surface area contributed by atoms with E-state index in [2.05, 4.69) is 14.9 Å². The van der Waals surface area contributed by atoms with Crippen LogP contribution in [0.1, 0.15) is 41.0 Å². The van der Waals surface area contributed by atoms with Crippen molar-refractivity contribution < 1.29 is 14.3 Å². The lowest BCUT2D eigenvalue weighted by molar-refractivity contribution is 0.0228. The fraction of sp³-hybridized carbons (Fsp3) is 0.450. The lowest BCUT2D eigenvalue weighted by Crippen LogP contribution is -2.51. The Balaban J connectivity index is 1.54. The van der Waals surface area contributed by atoms with Gasteiger partial charge in [0.2, 0.25) is 5.95 Å². The van der Waals surface area contributed by atoms with Gasteiger partial charge in [0, 0.05) is 43.4 Å². The number of anilines is 1. The summed E-state index contributed by atoms with van der Waals surface area (Å²) < 4.78 is 11.6. The van der Waals surface area contributed by atoms with Gasteiger partial charge in [0.25, 0.3) is 0 Å². The van der Waals surface area contributed by atoms with Crippen LogP contribution in [0.5, 0.6) is 11.5 Å². The van der Waals surface area contributed by atoms with Crippen molar-refractivity contribution >= 4 is 11.7 Å². The van der Waals surface area contributed by atoms with Crippen LogP contribution in [0.3, 0.4) is 0 Å². The highest BCUT2D eigenvalue weighted by Gasteiger charge is 2.43. The van der Waals surface area contributed by atoms with Crippen LogP contribution < -0.4 is 14.4 Å². The number of fused-ring (bicyclic) bond motifs is 1. The second-order valence-electron chi connectivity index (χ2n) is 7.18. The van der Waals surface area contributed by atoms with Crippen molar-refractivity contribution in [1.29, 1.82) is 0 Å². The van der Waals surface area contributed by atoms with Crippen LogP contribution in [-0.2, 0) is 0 Å². The highest BCUT2D eigenvalue weighted by Crippen LogP contribution is 2.41. The van der Waals surface area contributed by atoms with E-state index in [1.165, 1.54) is 0 Å². The molecule has 2 aliphatic rings. The van der Waals surface area contributed by atoms with Gasteiger partial charge in [0.1, 0.15) is 17.1 Å². The van der Waals surface area contributed by atoms with Crippen LogP contribution in [0.25, 0.3) is 0 Å². The maximum absolute atomic E-state index is 12.6. The number of nitrogens with zero attached hydrogens (tertiary/aromatic N) is 3. The zero-order valence-electron chi connectivity index (χ0n) is 15.4. The molecule has 1 aromatic heterocycles. The molecule has 0 N–H and O–H groups in total. The molecule has 136 valence electrons. The molecule has 0 aliphatic carbocycles. The number of hydrogen-bond acceptors (Lipinski definition) is 6. The molecule has 3 heterocycles. The molecule has 4 rings (SSSR count). The summed E-state index contributed by atoms with van der Waals surface area (Å²) in [6.07, 6.45) is 1.96. The standard InChI is InChI=1S/C20H23N3O3/c1-13-10-14(2)22-19(21-13)23-8-6-20(7-9-23)12-17(24)16-5-4-15(25-3)11-18(16)26-20/h4-5,10-11H,6-9,12H2,1-3H3. The Morgan fingerprint density at radius 2 is 1.81 bits per heavy atom. The summed E-state index contributed by atoms with van der Waals surface area (Å²) in [5.41, 5.74) is 2.15. The maximum atomic E-state index is 12.6. The van der Waals surface area contributed by atoms with Gasteiger partial charge in [-0.3, -0.25) is 4.79 Å². The van der Waals surface area contributed by atoms with Gasteiger partial charge in [-0.2, -0.15) is 0 Å². The van der Waals surface area contributed by atoms with E-state index in [9.17, 15) is 4.79 Å². The number of aromatic nitrogens is 2. The summed E-state index contributed by atoms with van der Waals surface area (Å²) in [4.78, 5) is 23.9. The summed E-state index contributed by atoms with van der Waals surface area (Å²) in [6.45, 7) is 5.51. The smallest absolute Gasteiger partial charge is 0.225 e. The number of rotatable bonds is 2. The van der Waals surface area contributed by atoms with Crippen LogP contribution in [0.2, 0.25) is 0 Å². The quantitative estimate of drug-likeness (QED) is 0.827. The van der Waals surface area contributed by atoms with E-state index < -0.39 is 5.60 Å². The maximum Gasteiger partial charge on any atom is 0.225 e. The monoisotopic (exact) mass is 353 g/mol. The number of Topliss-reactive ketones (excluding diaryl/α,β-unsaturated/α-hetero) is 1. The van der Waals surface area contributed by atoms with Crippen LogP contribution in [-0.4, -0.2) is 41.6 Å². The van der Waals surface area contributed by atoms with Crippen LogP contribution in [0, 0.1) is 13.8 Å². The third-order valence-electron chi connectivity index (χ3n) is 5.23. The number of carbonyl (C=O) groups is 1. The molecular weight excluding hydrogens is 330 g/mol. The molecule has 0 bridgehead atoms. The van der Waals surface area contributed by atoms with Crippen LogP contribution >= 0.6 is 0 Å². The molecule has 1 spiro atoms. The third-order valence-corrected chi connectivity index (χ3v) is 5.23. The van der Waals surface area contributed by atoms with Gasteiger partial charge in [0.05, 0.1) is 19.1 Å². The predicted octanol–water partition coefficient (Wildman–Crippen LogP) is 3.11. The largest absolute Gasteiger partial charge is 0.497 e. The molecule has 0 saturated carbocycles. The average Bonchev–Trinajstić information content (AvgIpc) is 2.61. The molecule has 2 aliphatic heterocycles. The minimum atomic E-state index is -0.439. The van der Waals surface area contributed by atoms with Gasteiger partial charge < -0.3 is 14.4 Å². The first kappa shape index (κ1) is 16.8. The molecule has 0 radical (unpaired) electrons. The summed E-state index contributed by atoms with van der Waals surface area (Å²) >= 11 is 0. The van der Waals surface area contributed by atoms with Gasteiger partial charge in [-0.1, -0.05) is 0 Å². The summed E-state index contributed by atoms with van der Waals surface area (Å²) in [5, 5.41) is 0. The number of hydrogen-bond donors (Lipinski definition) is 0. The Morgan fingerprint density at radius 1 is 1.12 bits per heavy atom. The zero-order chi connectivity index (χ0) is 18.3. The van der Waals surface area contributed by atoms with Gasteiger partial charge in [-0.25, -0.2) is 9.97 Å². The first-order chi connectivity index (χ1) is 12.5. The topological polar surface area (TPSA) is 64.6 Å². The highest BCUT2D eigenvalue weighted by molar-refractivity contribution is 6.00. The number of piperidine rings is 1. The molecule has 1 aromatic carbocycles. The second kappa shape index (κ2) is 6.27. The SMILES string of the molecule is COc1ccc2c(c1)OC1(CCN(c3nc(C)cc(C)n3)CC1)CC2=O. The molecule has 2 aromatic rings. The Labute approximate surface area is 153 Å². The summed E-state index contributed by atoms with van der Waals surface area (Å²) in [5.74, 6) is 2.25. The van der Waals surface area contributed by atoms with Crippen molar-refractivity contribution in [1.82, 2.24) is 9.97 Å². The van der Waals surface area contributed by atoms with E-state index >= 15 is 0 Å². The Hall–Kier alpha value is -2.63. The van der Waals surface area contributed by atoms with E-state index in [0.29, 0.717) is 23.5 Å². The van der Waals surface area contributed by atoms with Crippen molar-refractivity contribution in [2.45, 2.75) is 38.7 Å². The lowest BCUT2D eigenvalue weighted by Gasteiger charge is -2.44. The zero-order valence-corrected chi connectivity index (χ0v) is 15.4. The molecule has 1 fully saturated rings. The van der Waals surface area contributed by atoms with Gasteiger partial charge in [0.15, 0.2) is 5.78 Å². The Bertz CT molecular complexity index is 837. The van der Waals surface area contributed by atoms with Crippen molar-refractivity contribution in [3.05, 3.63) is 41.2 Å². The number of carbonyl (C=O) groups excluding carboxylic acids is 1. The van der Waals surface area contributed by atoms with E-state index in [1.54, 1.807) is 19.2 Å². The van der Waals surface area contributed by atoms with Crippen molar-refractivity contribution in [3.8, 4) is 11.5 Å². The highest BCUT2D eigenvalue weighted by atomic mass is 16.5. The summed E-state index contributed by atoms with van der Waals surface area (Å²) in [6, 6.07) is 7.38. The van der Waals surface area contributed by atoms with Gasteiger partial charge in [-0.05, 0) is 32.0 Å². The number of aryl methyl sites for hydroxylation is 2. The van der Waals surface area contributed by atoms with Crippen molar-refractivity contribution in [2.75, 3.05) is 25.1 Å². The summed E-state index contributed by atoms with van der Waals surface area (Å²) in [7, 11) is 1.62. The van der Waals surface area contributed by atoms with E-state index in [4.69, 9.17) is 9.47 Å². The average molecular weight is 353 g/mol. The van der Waals surface area contributed by atoms with Gasteiger partial charge >= 0.3 is 0 Å². The third kappa shape index (κ3) is 3.00. The molecular formula is C20H23N3O3.